The first-order chi connectivity index (χ1) is 9.36. The molecule has 1 aliphatic rings. The maximum absolute atomic E-state index is 5.60. The minimum absolute atomic E-state index is 0.115. The average molecular weight is 276 g/mol. The zero-order chi connectivity index (χ0) is 13.1. The van der Waals surface area contributed by atoms with Gasteiger partial charge in [0.05, 0.1) is 23.7 Å². The van der Waals surface area contributed by atoms with E-state index in [-0.39, 0.29) is 6.04 Å². The molecule has 1 atom stereocenters. The molecule has 3 N–H and O–H groups in total. The van der Waals surface area contributed by atoms with E-state index in [1.54, 1.807) is 6.20 Å². The molecule has 6 heteroatoms. The Morgan fingerprint density at radius 3 is 3.21 bits per heavy atom. The number of fused-ring (bicyclic) bond motifs is 1. The number of hydrogen-bond donors (Lipinski definition) is 2. The van der Waals surface area contributed by atoms with E-state index >= 15 is 0 Å². The first-order valence-electron chi connectivity index (χ1n) is 6.35. The number of benzene rings is 1. The summed E-state index contributed by atoms with van der Waals surface area (Å²) < 4.78 is 9.38. The second-order valence-corrected chi connectivity index (χ2v) is 5.44. The third kappa shape index (κ3) is 2.75. The van der Waals surface area contributed by atoms with Crippen LogP contribution in [0.2, 0.25) is 0 Å². The molecule has 0 spiro atoms. The molecule has 1 unspecified atom stereocenters. The van der Waals surface area contributed by atoms with E-state index in [1.165, 1.54) is 22.7 Å². The highest BCUT2D eigenvalue weighted by Gasteiger charge is 2.15. The molecular weight excluding hydrogens is 260 g/mol. The van der Waals surface area contributed by atoms with Crippen molar-refractivity contribution >= 4 is 11.5 Å². The van der Waals surface area contributed by atoms with Crippen molar-refractivity contribution in [2.24, 2.45) is 5.84 Å². The van der Waals surface area contributed by atoms with E-state index in [0.29, 0.717) is 0 Å². The number of hydrazine groups is 1. The Morgan fingerprint density at radius 2 is 2.42 bits per heavy atom. The van der Waals surface area contributed by atoms with Gasteiger partial charge < -0.3 is 4.74 Å². The fourth-order valence-corrected chi connectivity index (χ4v) is 2.94. The maximum atomic E-state index is 5.60. The summed E-state index contributed by atoms with van der Waals surface area (Å²) in [6.45, 7) is 0.804. The van der Waals surface area contributed by atoms with Crippen LogP contribution in [0.3, 0.4) is 0 Å². The van der Waals surface area contributed by atoms with Crippen molar-refractivity contribution in [1.29, 1.82) is 0 Å². The molecule has 0 saturated heterocycles. The summed E-state index contributed by atoms with van der Waals surface area (Å²) in [6.07, 6.45) is 4.69. The summed E-state index contributed by atoms with van der Waals surface area (Å²) in [4.78, 5) is 1.08. The summed E-state index contributed by atoms with van der Waals surface area (Å²) in [5.41, 5.74) is 5.47. The van der Waals surface area contributed by atoms with Crippen LogP contribution in [0.5, 0.6) is 5.75 Å². The molecule has 2 aromatic rings. The quantitative estimate of drug-likeness (QED) is 0.641. The lowest BCUT2D eigenvalue weighted by atomic mass is 10.0. The van der Waals surface area contributed by atoms with Crippen molar-refractivity contribution < 1.29 is 4.74 Å². The standard InChI is InChI=1S/C13H16N4OS/c14-16-11(13-8-15-17-19-13)3-1-9-2-4-12-10(7-9)5-6-18-12/h2,4,7-8,11,16H,1,3,5-6,14H2. The molecule has 1 aromatic carbocycles. The second-order valence-electron chi connectivity index (χ2n) is 4.62. The number of rotatable bonds is 5. The highest BCUT2D eigenvalue weighted by Crippen LogP contribution is 2.27. The molecule has 1 aromatic heterocycles. The highest BCUT2D eigenvalue weighted by molar-refractivity contribution is 7.05. The van der Waals surface area contributed by atoms with Crippen LogP contribution >= 0.6 is 11.5 Å². The van der Waals surface area contributed by atoms with Crippen molar-refractivity contribution in [2.45, 2.75) is 25.3 Å². The van der Waals surface area contributed by atoms with Crippen molar-refractivity contribution in [3.05, 3.63) is 40.4 Å². The summed E-state index contributed by atoms with van der Waals surface area (Å²) in [5, 5.41) is 3.85. The van der Waals surface area contributed by atoms with Gasteiger partial charge in [-0.25, -0.2) is 0 Å². The van der Waals surface area contributed by atoms with Gasteiger partial charge in [0.2, 0.25) is 0 Å². The predicted molar refractivity (Wildman–Crippen MR) is 73.9 cm³/mol. The molecule has 0 saturated carbocycles. The molecule has 19 heavy (non-hydrogen) atoms. The van der Waals surface area contributed by atoms with E-state index < -0.39 is 0 Å². The SMILES string of the molecule is NNC(CCc1ccc2c(c1)CCO2)c1cnns1. The summed E-state index contributed by atoms with van der Waals surface area (Å²) in [7, 11) is 0. The van der Waals surface area contributed by atoms with Crippen LogP contribution in [0.15, 0.2) is 24.4 Å². The van der Waals surface area contributed by atoms with E-state index in [9.17, 15) is 0 Å². The Labute approximate surface area is 115 Å². The van der Waals surface area contributed by atoms with Crippen molar-refractivity contribution in [2.75, 3.05) is 6.61 Å². The Balaban J connectivity index is 1.65. The number of hydrogen-bond acceptors (Lipinski definition) is 6. The van der Waals surface area contributed by atoms with Gasteiger partial charge in [0.1, 0.15) is 5.75 Å². The predicted octanol–water partition coefficient (Wildman–Crippen LogP) is 1.61. The van der Waals surface area contributed by atoms with E-state index in [2.05, 4.69) is 33.2 Å². The molecule has 0 amide bonds. The number of aromatic nitrogens is 2. The van der Waals surface area contributed by atoms with E-state index in [0.717, 1.165) is 36.5 Å². The van der Waals surface area contributed by atoms with E-state index in [1.807, 2.05) is 0 Å². The summed E-state index contributed by atoms with van der Waals surface area (Å²) in [6, 6.07) is 6.55. The minimum Gasteiger partial charge on any atom is -0.493 e. The van der Waals surface area contributed by atoms with Crippen LogP contribution in [-0.4, -0.2) is 16.2 Å². The van der Waals surface area contributed by atoms with Crippen LogP contribution < -0.4 is 16.0 Å². The Kier molecular flexibility index (Phi) is 3.72. The highest BCUT2D eigenvalue weighted by atomic mass is 32.1. The van der Waals surface area contributed by atoms with Crippen LogP contribution in [0, 0.1) is 0 Å². The third-order valence-corrected chi connectivity index (χ3v) is 4.18. The molecule has 1 aliphatic heterocycles. The monoisotopic (exact) mass is 276 g/mol. The summed E-state index contributed by atoms with van der Waals surface area (Å²) >= 11 is 1.39. The number of nitrogens with zero attached hydrogens (tertiary/aromatic N) is 2. The van der Waals surface area contributed by atoms with Crippen molar-refractivity contribution in [1.82, 2.24) is 15.0 Å². The van der Waals surface area contributed by atoms with Gasteiger partial charge in [0.15, 0.2) is 0 Å². The topological polar surface area (TPSA) is 73.1 Å². The van der Waals surface area contributed by atoms with Crippen molar-refractivity contribution in [3.8, 4) is 5.75 Å². The molecule has 100 valence electrons. The molecule has 3 rings (SSSR count). The Hall–Kier alpha value is -1.50. The minimum atomic E-state index is 0.115. The van der Waals surface area contributed by atoms with Crippen LogP contribution in [0.25, 0.3) is 0 Å². The fraction of sp³-hybridized carbons (Fsp3) is 0.385. The maximum Gasteiger partial charge on any atom is 0.122 e. The number of aryl methyl sites for hydroxylation is 1. The Bertz CT molecular complexity index is 544. The van der Waals surface area contributed by atoms with Crippen LogP contribution in [0.1, 0.15) is 28.5 Å². The average Bonchev–Trinajstić information content (AvgIpc) is 3.10. The third-order valence-electron chi connectivity index (χ3n) is 3.40. The van der Waals surface area contributed by atoms with Gasteiger partial charge >= 0.3 is 0 Å². The van der Waals surface area contributed by atoms with Crippen molar-refractivity contribution in [3.63, 3.8) is 0 Å². The Morgan fingerprint density at radius 1 is 1.47 bits per heavy atom. The molecule has 5 nitrogen and oxygen atoms in total. The van der Waals surface area contributed by atoms with Gasteiger partial charge in [-0.3, -0.25) is 11.3 Å². The van der Waals surface area contributed by atoms with Crippen LogP contribution in [0.4, 0.5) is 0 Å². The molecule has 2 heterocycles. The van der Waals surface area contributed by atoms with Gasteiger partial charge in [-0.15, -0.1) is 5.10 Å². The lowest BCUT2D eigenvalue weighted by molar-refractivity contribution is 0.357. The normalized spacial score (nSPS) is 15.0. The largest absolute Gasteiger partial charge is 0.493 e. The number of ether oxygens (including phenoxy) is 1. The first-order valence-corrected chi connectivity index (χ1v) is 7.12. The molecule has 0 bridgehead atoms. The molecule has 0 aliphatic carbocycles. The lowest BCUT2D eigenvalue weighted by Crippen LogP contribution is -2.27. The molecule has 0 fully saturated rings. The molecule has 0 radical (unpaired) electrons. The lowest BCUT2D eigenvalue weighted by Gasteiger charge is -2.13. The zero-order valence-corrected chi connectivity index (χ0v) is 11.3. The van der Waals surface area contributed by atoms with Gasteiger partial charge in [-0.1, -0.05) is 16.6 Å². The van der Waals surface area contributed by atoms with E-state index in [4.69, 9.17) is 10.6 Å². The van der Waals surface area contributed by atoms with Crippen LogP contribution in [-0.2, 0) is 12.8 Å². The summed E-state index contributed by atoms with van der Waals surface area (Å²) in [5.74, 6) is 6.63. The number of nitrogens with one attached hydrogen (secondary N) is 1. The van der Waals surface area contributed by atoms with Gasteiger partial charge in [-0.2, -0.15) is 0 Å². The van der Waals surface area contributed by atoms with Gasteiger partial charge in [0, 0.05) is 6.42 Å². The smallest absolute Gasteiger partial charge is 0.122 e. The second kappa shape index (κ2) is 5.64. The van der Waals surface area contributed by atoms with Gasteiger partial charge in [-0.05, 0) is 41.6 Å². The fourth-order valence-electron chi connectivity index (χ4n) is 2.34. The van der Waals surface area contributed by atoms with Gasteiger partial charge in [0.25, 0.3) is 0 Å². The molecular formula is C13H16N4OS. The zero-order valence-electron chi connectivity index (χ0n) is 10.5. The first kappa shape index (κ1) is 12.5. The number of nitrogens with two attached hydrogens (primary N) is 1.